The van der Waals surface area contributed by atoms with E-state index in [-0.39, 0.29) is 5.91 Å². The van der Waals surface area contributed by atoms with Gasteiger partial charge in [0.05, 0.1) is 0 Å². The van der Waals surface area contributed by atoms with Crippen LogP contribution in [0.4, 0.5) is 0 Å². The van der Waals surface area contributed by atoms with E-state index < -0.39 is 0 Å². The first-order valence-electron chi connectivity index (χ1n) is 9.04. The largest absolute Gasteiger partial charge is 0.342 e. The molecule has 24 heavy (non-hydrogen) atoms. The zero-order valence-corrected chi connectivity index (χ0v) is 15.4. The van der Waals surface area contributed by atoms with Crippen molar-refractivity contribution in [2.24, 2.45) is 5.92 Å². The Balaban J connectivity index is 1.77. The van der Waals surface area contributed by atoms with E-state index in [9.17, 15) is 4.79 Å². The Hall–Kier alpha value is -1.48. The normalized spacial score (nSPS) is 26.6. The summed E-state index contributed by atoms with van der Waals surface area (Å²) in [5, 5.41) is 0.686. The molecule has 0 radical (unpaired) electrons. The second-order valence-corrected chi connectivity index (χ2v) is 8.66. The first-order chi connectivity index (χ1) is 11.6. The molecule has 0 saturated carbocycles. The molecule has 4 rings (SSSR count). The average molecular weight is 340 g/mol. The lowest BCUT2D eigenvalue weighted by atomic mass is 9.83. The highest BCUT2D eigenvalue weighted by Gasteiger charge is 2.35. The summed E-state index contributed by atoms with van der Waals surface area (Å²) < 4.78 is 0. The Kier molecular flexibility index (Phi) is 4.29. The maximum absolute atomic E-state index is 11.7. The van der Waals surface area contributed by atoms with E-state index in [0.717, 1.165) is 25.9 Å². The van der Waals surface area contributed by atoms with Gasteiger partial charge < -0.3 is 4.90 Å². The summed E-state index contributed by atoms with van der Waals surface area (Å²) in [5.74, 6) is 0.767. The van der Waals surface area contributed by atoms with Crippen molar-refractivity contribution in [3.8, 4) is 0 Å². The highest BCUT2D eigenvalue weighted by molar-refractivity contribution is 8.03. The average Bonchev–Trinajstić information content (AvgIpc) is 2.88. The summed E-state index contributed by atoms with van der Waals surface area (Å²) in [5.41, 5.74) is 6.15. The number of amides is 1. The molecule has 0 spiro atoms. The molecule has 2 nitrogen and oxygen atoms in total. The summed E-state index contributed by atoms with van der Waals surface area (Å²) >= 11 is 2.07. The SMILES string of the molecule is CC(=O)N1CCC(=C2c3ccccc3CCC3SC(C)=CC23)CC1. The van der Waals surface area contributed by atoms with Gasteiger partial charge in [0.2, 0.25) is 5.91 Å². The Morgan fingerprint density at radius 3 is 2.67 bits per heavy atom. The zero-order chi connectivity index (χ0) is 16.7. The van der Waals surface area contributed by atoms with Crippen molar-refractivity contribution in [2.75, 3.05) is 13.1 Å². The predicted molar refractivity (Wildman–Crippen MR) is 102 cm³/mol. The molecule has 2 atom stereocenters. The van der Waals surface area contributed by atoms with E-state index in [1.807, 2.05) is 4.90 Å². The van der Waals surface area contributed by atoms with Crippen molar-refractivity contribution < 1.29 is 4.79 Å². The van der Waals surface area contributed by atoms with E-state index in [4.69, 9.17) is 0 Å². The van der Waals surface area contributed by atoms with Gasteiger partial charge in [-0.3, -0.25) is 4.79 Å². The molecule has 0 aromatic heterocycles. The highest BCUT2D eigenvalue weighted by atomic mass is 32.2. The third kappa shape index (κ3) is 2.83. The number of hydrogen-bond acceptors (Lipinski definition) is 2. The van der Waals surface area contributed by atoms with Crippen LogP contribution < -0.4 is 0 Å². The number of thioether (sulfide) groups is 1. The first-order valence-corrected chi connectivity index (χ1v) is 9.92. The van der Waals surface area contributed by atoms with Crippen LogP contribution in [0.15, 0.2) is 40.8 Å². The minimum atomic E-state index is 0.213. The molecule has 2 unspecified atom stereocenters. The number of benzene rings is 1. The van der Waals surface area contributed by atoms with Crippen LogP contribution in [0.5, 0.6) is 0 Å². The van der Waals surface area contributed by atoms with Crippen LogP contribution in [-0.4, -0.2) is 29.1 Å². The molecule has 3 heteroatoms. The number of aryl methyl sites for hydroxylation is 1. The lowest BCUT2D eigenvalue weighted by Crippen LogP contribution is -2.35. The second kappa shape index (κ2) is 6.44. The summed E-state index contributed by atoms with van der Waals surface area (Å²) in [6, 6.07) is 8.99. The fourth-order valence-electron chi connectivity index (χ4n) is 4.48. The van der Waals surface area contributed by atoms with Crippen LogP contribution in [0, 0.1) is 5.92 Å². The smallest absolute Gasteiger partial charge is 0.219 e. The van der Waals surface area contributed by atoms with Crippen LogP contribution in [0.1, 0.15) is 44.2 Å². The van der Waals surface area contributed by atoms with E-state index in [0.29, 0.717) is 11.2 Å². The number of piperidine rings is 1. The molecule has 2 aliphatic heterocycles. The number of likely N-dealkylation sites (tertiary alicyclic amines) is 1. The monoisotopic (exact) mass is 339 g/mol. The number of rotatable bonds is 0. The Morgan fingerprint density at radius 2 is 1.92 bits per heavy atom. The molecule has 1 aliphatic carbocycles. The van der Waals surface area contributed by atoms with Crippen LogP contribution in [0.3, 0.4) is 0 Å². The molecule has 126 valence electrons. The number of hydrogen-bond donors (Lipinski definition) is 0. The number of carbonyl (C=O) groups is 1. The fourth-order valence-corrected chi connectivity index (χ4v) is 5.78. The molecule has 1 aromatic rings. The summed E-state index contributed by atoms with van der Waals surface area (Å²) in [7, 11) is 0. The van der Waals surface area contributed by atoms with Gasteiger partial charge in [0, 0.05) is 31.2 Å². The van der Waals surface area contributed by atoms with Crippen LogP contribution in [0.25, 0.3) is 5.57 Å². The summed E-state index contributed by atoms with van der Waals surface area (Å²) in [4.78, 5) is 15.1. The van der Waals surface area contributed by atoms with Gasteiger partial charge in [-0.25, -0.2) is 0 Å². The van der Waals surface area contributed by atoms with Gasteiger partial charge in [-0.2, -0.15) is 0 Å². The lowest BCUT2D eigenvalue weighted by Gasteiger charge is -2.31. The zero-order valence-electron chi connectivity index (χ0n) is 14.5. The molecular formula is C21H25NOS. The van der Waals surface area contributed by atoms with Gasteiger partial charge in [-0.15, -0.1) is 11.8 Å². The topological polar surface area (TPSA) is 20.3 Å². The van der Waals surface area contributed by atoms with Gasteiger partial charge in [0.1, 0.15) is 0 Å². The van der Waals surface area contributed by atoms with E-state index in [1.54, 1.807) is 18.1 Å². The van der Waals surface area contributed by atoms with Crippen molar-refractivity contribution in [2.45, 2.75) is 44.8 Å². The van der Waals surface area contributed by atoms with Crippen LogP contribution in [-0.2, 0) is 11.2 Å². The minimum absolute atomic E-state index is 0.213. The maximum atomic E-state index is 11.7. The van der Waals surface area contributed by atoms with Crippen LogP contribution >= 0.6 is 11.8 Å². The number of allylic oxidation sites excluding steroid dienone is 3. The third-order valence-corrected chi connectivity index (χ3v) is 7.02. The molecule has 1 fully saturated rings. The van der Waals surface area contributed by atoms with Gasteiger partial charge in [-0.1, -0.05) is 35.9 Å². The molecule has 3 aliphatic rings. The molecule has 2 heterocycles. The van der Waals surface area contributed by atoms with Gasteiger partial charge in [0.15, 0.2) is 0 Å². The quantitative estimate of drug-likeness (QED) is 0.685. The van der Waals surface area contributed by atoms with Crippen molar-refractivity contribution in [3.05, 3.63) is 51.9 Å². The Bertz CT molecular complexity index is 723. The van der Waals surface area contributed by atoms with Crippen molar-refractivity contribution in [1.82, 2.24) is 4.90 Å². The molecule has 1 amide bonds. The third-order valence-electron chi connectivity index (χ3n) is 5.68. The second-order valence-electron chi connectivity index (χ2n) is 7.18. The lowest BCUT2D eigenvalue weighted by molar-refractivity contribution is -0.129. The van der Waals surface area contributed by atoms with E-state index >= 15 is 0 Å². The molecule has 1 saturated heterocycles. The fraction of sp³-hybridized carbons (Fsp3) is 0.476. The summed E-state index contributed by atoms with van der Waals surface area (Å²) in [6.07, 6.45) is 7.00. The molecule has 1 aromatic carbocycles. The van der Waals surface area contributed by atoms with Crippen LogP contribution in [0.2, 0.25) is 0 Å². The minimum Gasteiger partial charge on any atom is -0.342 e. The Labute approximate surface area is 149 Å². The first kappa shape index (κ1) is 16.0. The molecule has 0 bridgehead atoms. The van der Waals surface area contributed by atoms with Gasteiger partial charge >= 0.3 is 0 Å². The van der Waals surface area contributed by atoms with E-state index in [1.165, 1.54) is 28.9 Å². The maximum Gasteiger partial charge on any atom is 0.219 e. The number of carbonyl (C=O) groups excluding carboxylic acids is 1. The van der Waals surface area contributed by atoms with Crippen molar-refractivity contribution in [1.29, 1.82) is 0 Å². The van der Waals surface area contributed by atoms with Crippen molar-refractivity contribution >= 4 is 23.2 Å². The standard InChI is InChI=1S/C21H25NOS/c1-14-13-19-20(24-14)8-7-16-5-3-4-6-18(16)21(19)17-9-11-22(12-10-17)15(2)23/h3-6,13,19-20H,7-12H2,1-2H3. The summed E-state index contributed by atoms with van der Waals surface area (Å²) in [6.45, 7) is 5.70. The van der Waals surface area contributed by atoms with Gasteiger partial charge in [0.25, 0.3) is 0 Å². The number of nitrogens with zero attached hydrogens (tertiary/aromatic N) is 1. The highest BCUT2D eigenvalue weighted by Crippen LogP contribution is 2.49. The van der Waals surface area contributed by atoms with Crippen molar-refractivity contribution in [3.63, 3.8) is 0 Å². The Morgan fingerprint density at radius 1 is 1.17 bits per heavy atom. The van der Waals surface area contributed by atoms with E-state index in [2.05, 4.69) is 49.0 Å². The number of fused-ring (bicyclic) bond motifs is 2. The molecule has 0 N–H and O–H groups in total. The molecular weight excluding hydrogens is 314 g/mol. The predicted octanol–water partition coefficient (Wildman–Crippen LogP) is 4.66. The van der Waals surface area contributed by atoms with Gasteiger partial charge in [-0.05, 0) is 54.2 Å².